The molecule has 1 fully saturated rings. The average Bonchev–Trinajstić information content (AvgIpc) is 2.45. The molecule has 112 valence electrons. The Bertz CT molecular complexity index is 458. The molecule has 1 unspecified atom stereocenters. The first-order valence-corrected chi connectivity index (χ1v) is 7.93. The molecule has 0 bridgehead atoms. The molecule has 1 saturated heterocycles. The van der Waals surface area contributed by atoms with Gasteiger partial charge in [0.2, 0.25) is 0 Å². The van der Waals surface area contributed by atoms with Gasteiger partial charge in [0.15, 0.2) is 0 Å². The Morgan fingerprint density at radius 1 is 1.30 bits per heavy atom. The number of rotatable bonds is 4. The molecule has 1 aromatic rings. The first-order chi connectivity index (χ1) is 9.48. The zero-order valence-electron chi connectivity index (χ0n) is 12.1. The molecule has 0 radical (unpaired) electrons. The summed E-state index contributed by atoms with van der Waals surface area (Å²) in [6, 6.07) is 5.11. The summed E-state index contributed by atoms with van der Waals surface area (Å²) in [6.45, 7) is 6.34. The van der Waals surface area contributed by atoms with Gasteiger partial charge < -0.3 is 0 Å². The van der Waals surface area contributed by atoms with Gasteiger partial charge >= 0.3 is 0 Å². The van der Waals surface area contributed by atoms with E-state index in [1.165, 1.54) is 19.3 Å². The van der Waals surface area contributed by atoms with Crippen LogP contribution in [-0.4, -0.2) is 23.5 Å². The first-order valence-electron chi connectivity index (χ1n) is 7.13. The van der Waals surface area contributed by atoms with Crippen LogP contribution in [0.2, 0.25) is 0 Å². The van der Waals surface area contributed by atoms with Gasteiger partial charge in [-0.1, -0.05) is 18.6 Å². The molecule has 1 aromatic carbocycles. The number of nitrogens with one attached hydrogen (secondary N) is 1. The van der Waals surface area contributed by atoms with Gasteiger partial charge in [-0.2, -0.15) is 0 Å². The van der Waals surface area contributed by atoms with E-state index in [9.17, 15) is 4.39 Å². The van der Waals surface area contributed by atoms with E-state index in [0.717, 1.165) is 13.1 Å². The molecule has 0 saturated carbocycles. The number of piperidine rings is 1. The fraction of sp³-hybridized carbons (Fsp3) is 0.600. The Kier molecular flexibility index (Phi) is 5.18. The molecular weight excluding hydrogens is 321 g/mol. The number of hydrogen-bond acceptors (Lipinski definition) is 3. The van der Waals surface area contributed by atoms with Crippen molar-refractivity contribution < 1.29 is 4.39 Å². The molecule has 20 heavy (non-hydrogen) atoms. The molecule has 1 aliphatic rings. The Balaban J connectivity index is 2.32. The number of benzene rings is 1. The molecule has 0 amide bonds. The minimum absolute atomic E-state index is 0.236. The van der Waals surface area contributed by atoms with Crippen molar-refractivity contribution in [3.05, 3.63) is 34.1 Å². The van der Waals surface area contributed by atoms with Crippen LogP contribution in [0.3, 0.4) is 0 Å². The lowest BCUT2D eigenvalue weighted by molar-refractivity contribution is 0.0596. The second-order valence-corrected chi connectivity index (χ2v) is 6.80. The largest absolute Gasteiger partial charge is 0.296 e. The lowest BCUT2D eigenvalue weighted by Gasteiger charge is -2.46. The Labute approximate surface area is 128 Å². The molecule has 5 heteroatoms. The van der Waals surface area contributed by atoms with Gasteiger partial charge in [0.25, 0.3) is 0 Å². The first kappa shape index (κ1) is 15.9. The Hall–Kier alpha value is -0.490. The summed E-state index contributed by atoms with van der Waals surface area (Å²) in [6.07, 6.45) is 3.67. The second-order valence-electron chi connectivity index (χ2n) is 5.94. The lowest BCUT2D eigenvalue weighted by Crippen LogP contribution is -2.55. The summed E-state index contributed by atoms with van der Waals surface area (Å²) in [4.78, 5) is 2.40. The van der Waals surface area contributed by atoms with E-state index in [0.29, 0.717) is 10.0 Å². The van der Waals surface area contributed by atoms with Crippen molar-refractivity contribution in [1.82, 2.24) is 10.3 Å². The van der Waals surface area contributed by atoms with Crippen molar-refractivity contribution in [3.8, 4) is 0 Å². The lowest BCUT2D eigenvalue weighted by atomic mass is 9.85. The molecule has 1 heterocycles. The van der Waals surface area contributed by atoms with E-state index in [2.05, 4.69) is 40.1 Å². The molecule has 1 atom stereocenters. The molecule has 2 rings (SSSR count). The molecule has 0 spiro atoms. The number of hydrazine groups is 1. The summed E-state index contributed by atoms with van der Waals surface area (Å²) in [5.41, 5.74) is 3.19. The van der Waals surface area contributed by atoms with Crippen molar-refractivity contribution in [2.45, 2.75) is 44.7 Å². The van der Waals surface area contributed by atoms with Gasteiger partial charge in [0, 0.05) is 11.1 Å². The quantitative estimate of drug-likeness (QED) is 0.650. The third kappa shape index (κ3) is 3.06. The van der Waals surface area contributed by atoms with E-state index in [1.54, 1.807) is 12.1 Å². The van der Waals surface area contributed by atoms with E-state index in [4.69, 9.17) is 5.84 Å². The zero-order valence-corrected chi connectivity index (χ0v) is 13.7. The van der Waals surface area contributed by atoms with Gasteiger partial charge in [-0.3, -0.25) is 16.2 Å². The highest BCUT2D eigenvalue weighted by atomic mass is 79.9. The predicted molar refractivity (Wildman–Crippen MR) is 83.7 cm³/mol. The molecule has 3 N–H and O–H groups in total. The fourth-order valence-electron chi connectivity index (χ4n) is 3.07. The SMILES string of the molecule is CC(C)(C(NN)c1cccc(Br)c1F)N1CCCCC1. The normalized spacial score (nSPS) is 19.1. The topological polar surface area (TPSA) is 41.3 Å². The molecule has 3 nitrogen and oxygen atoms in total. The summed E-state index contributed by atoms with van der Waals surface area (Å²) in [7, 11) is 0. The van der Waals surface area contributed by atoms with Crippen molar-refractivity contribution >= 4 is 15.9 Å². The van der Waals surface area contributed by atoms with Gasteiger partial charge in [-0.05, 0) is 61.8 Å². The van der Waals surface area contributed by atoms with Crippen LogP contribution in [0.15, 0.2) is 22.7 Å². The summed E-state index contributed by atoms with van der Waals surface area (Å²) < 4.78 is 14.9. The monoisotopic (exact) mass is 343 g/mol. The van der Waals surface area contributed by atoms with E-state index in [-0.39, 0.29) is 17.4 Å². The van der Waals surface area contributed by atoms with Crippen LogP contribution in [0.5, 0.6) is 0 Å². The molecule has 0 aromatic heterocycles. The van der Waals surface area contributed by atoms with Gasteiger partial charge in [0.1, 0.15) is 5.82 Å². The smallest absolute Gasteiger partial charge is 0.142 e. The highest BCUT2D eigenvalue weighted by molar-refractivity contribution is 9.10. The maximum atomic E-state index is 14.4. The van der Waals surface area contributed by atoms with Crippen molar-refractivity contribution in [1.29, 1.82) is 0 Å². The highest BCUT2D eigenvalue weighted by Crippen LogP contribution is 2.35. The maximum Gasteiger partial charge on any atom is 0.142 e. The minimum Gasteiger partial charge on any atom is -0.296 e. The van der Waals surface area contributed by atoms with E-state index >= 15 is 0 Å². The third-order valence-electron chi connectivity index (χ3n) is 4.34. The number of nitrogens with two attached hydrogens (primary N) is 1. The molecule has 1 aliphatic heterocycles. The summed E-state index contributed by atoms with van der Waals surface area (Å²) >= 11 is 3.25. The fourth-order valence-corrected chi connectivity index (χ4v) is 3.45. The van der Waals surface area contributed by atoms with Crippen molar-refractivity contribution in [2.24, 2.45) is 5.84 Å². The maximum absolute atomic E-state index is 14.4. The molecular formula is C15H23BrFN3. The number of likely N-dealkylation sites (tertiary alicyclic amines) is 1. The van der Waals surface area contributed by atoms with Crippen LogP contribution < -0.4 is 11.3 Å². The zero-order chi connectivity index (χ0) is 14.8. The highest BCUT2D eigenvalue weighted by Gasteiger charge is 2.37. The van der Waals surface area contributed by atoms with Crippen LogP contribution in [0.25, 0.3) is 0 Å². The van der Waals surface area contributed by atoms with Gasteiger partial charge in [0.05, 0.1) is 10.5 Å². The molecule has 0 aliphatic carbocycles. The standard InChI is InChI=1S/C15H23BrFN3/c1-15(2,20-9-4-3-5-10-20)14(19-18)11-7-6-8-12(16)13(11)17/h6-8,14,19H,3-5,9-10,18H2,1-2H3. The third-order valence-corrected chi connectivity index (χ3v) is 4.95. The minimum atomic E-state index is -0.252. The van der Waals surface area contributed by atoms with Crippen LogP contribution >= 0.6 is 15.9 Å². The summed E-state index contributed by atoms with van der Waals surface area (Å²) in [5.74, 6) is 5.52. The van der Waals surface area contributed by atoms with Crippen LogP contribution in [0.4, 0.5) is 4.39 Å². The van der Waals surface area contributed by atoms with E-state index in [1.807, 2.05) is 6.07 Å². The van der Waals surface area contributed by atoms with Crippen LogP contribution in [0, 0.1) is 5.82 Å². The average molecular weight is 344 g/mol. The van der Waals surface area contributed by atoms with Crippen molar-refractivity contribution in [3.63, 3.8) is 0 Å². The van der Waals surface area contributed by atoms with E-state index < -0.39 is 0 Å². The van der Waals surface area contributed by atoms with Crippen LogP contribution in [-0.2, 0) is 0 Å². The number of halogens is 2. The predicted octanol–water partition coefficient (Wildman–Crippen LogP) is 3.36. The second kappa shape index (κ2) is 6.52. The summed E-state index contributed by atoms with van der Waals surface area (Å²) in [5, 5.41) is 0. The van der Waals surface area contributed by atoms with Crippen molar-refractivity contribution in [2.75, 3.05) is 13.1 Å². The Morgan fingerprint density at radius 3 is 2.55 bits per heavy atom. The number of hydrogen-bond donors (Lipinski definition) is 2. The number of nitrogens with zero attached hydrogens (tertiary/aromatic N) is 1. The van der Waals surface area contributed by atoms with Gasteiger partial charge in [-0.25, -0.2) is 4.39 Å². The van der Waals surface area contributed by atoms with Gasteiger partial charge in [-0.15, -0.1) is 0 Å². The van der Waals surface area contributed by atoms with Crippen LogP contribution in [0.1, 0.15) is 44.7 Å². The Morgan fingerprint density at radius 2 is 1.95 bits per heavy atom.